The van der Waals surface area contributed by atoms with Gasteiger partial charge in [0.1, 0.15) is 5.82 Å². The summed E-state index contributed by atoms with van der Waals surface area (Å²) in [4.78, 5) is 15.8. The zero-order valence-electron chi connectivity index (χ0n) is 10.5. The Hall–Kier alpha value is -1.88. The predicted octanol–water partition coefficient (Wildman–Crippen LogP) is 1.87. The van der Waals surface area contributed by atoms with E-state index in [1.165, 1.54) is 7.11 Å². The molecule has 1 N–H and O–H groups in total. The summed E-state index contributed by atoms with van der Waals surface area (Å²) < 4.78 is 6.76. The first-order valence-corrected chi connectivity index (χ1v) is 5.86. The number of carboxylic acids is 1. The summed E-state index contributed by atoms with van der Waals surface area (Å²) in [6, 6.07) is 6.80. The molecule has 1 heterocycles. The van der Waals surface area contributed by atoms with Crippen LogP contribution in [0.5, 0.6) is 0 Å². The minimum Gasteiger partial charge on any atom is -0.480 e. The second-order valence-electron chi connectivity index (χ2n) is 4.05. The summed E-state index contributed by atoms with van der Waals surface area (Å²) in [5.41, 5.74) is 1.65. The molecular formula is C13H16N2O3. The number of hydrogen-bond donors (Lipinski definition) is 1. The van der Waals surface area contributed by atoms with Gasteiger partial charge < -0.3 is 14.4 Å². The Morgan fingerprint density at radius 3 is 2.83 bits per heavy atom. The minimum absolute atomic E-state index is 0.128. The summed E-state index contributed by atoms with van der Waals surface area (Å²) in [5.74, 6) is -0.143. The highest BCUT2D eigenvalue weighted by Gasteiger charge is 2.24. The topological polar surface area (TPSA) is 64.4 Å². The lowest BCUT2D eigenvalue weighted by atomic mass is 10.2. The van der Waals surface area contributed by atoms with E-state index in [4.69, 9.17) is 4.74 Å². The monoisotopic (exact) mass is 248 g/mol. The van der Waals surface area contributed by atoms with E-state index in [1.54, 1.807) is 4.57 Å². The Labute approximate surface area is 105 Å². The van der Waals surface area contributed by atoms with Crippen molar-refractivity contribution in [2.45, 2.75) is 19.4 Å². The SMILES string of the molecule is CCc1nc2ccccc2n1C(COC)C(=O)O. The lowest BCUT2D eigenvalue weighted by Gasteiger charge is -2.16. The van der Waals surface area contributed by atoms with Gasteiger partial charge >= 0.3 is 5.97 Å². The summed E-state index contributed by atoms with van der Waals surface area (Å²) in [5, 5.41) is 9.33. The first kappa shape index (κ1) is 12.6. The maximum Gasteiger partial charge on any atom is 0.329 e. The van der Waals surface area contributed by atoms with E-state index < -0.39 is 12.0 Å². The number of fused-ring (bicyclic) bond motifs is 1. The lowest BCUT2D eigenvalue weighted by Crippen LogP contribution is -2.25. The van der Waals surface area contributed by atoms with Crippen molar-refractivity contribution in [1.29, 1.82) is 0 Å². The third kappa shape index (κ3) is 2.09. The second kappa shape index (κ2) is 5.18. The van der Waals surface area contributed by atoms with Crippen molar-refractivity contribution < 1.29 is 14.6 Å². The molecule has 0 aliphatic heterocycles. The van der Waals surface area contributed by atoms with E-state index in [0.29, 0.717) is 6.42 Å². The molecule has 18 heavy (non-hydrogen) atoms. The van der Waals surface area contributed by atoms with Crippen molar-refractivity contribution in [2.75, 3.05) is 13.7 Å². The van der Waals surface area contributed by atoms with Gasteiger partial charge in [-0.2, -0.15) is 0 Å². The zero-order valence-corrected chi connectivity index (χ0v) is 10.5. The molecule has 96 valence electrons. The van der Waals surface area contributed by atoms with E-state index in [0.717, 1.165) is 16.9 Å². The standard InChI is InChI=1S/C13H16N2O3/c1-3-12-14-9-6-4-5-7-10(9)15(12)11(8-18-2)13(16)17/h4-7,11H,3,8H2,1-2H3,(H,16,17). The number of benzene rings is 1. The van der Waals surface area contributed by atoms with Crippen LogP contribution in [0.15, 0.2) is 24.3 Å². The van der Waals surface area contributed by atoms with Crippen LogP contribution in [0.25, 0.3) is 11.0 Å². The first-order valence-electron chi connectivity index (χ1n) is 5.86. The molecule has 5 nitrogen and oxygen atoms in total. The highest BCUT2D eigenvalue weighted by molar-refractivity contribution is 5.80. The van der Waals surface area contributed by atoms with E-state index in [2.05, 4.69) is 4.98 Å². The first-order chi connectivity index (χ1) is 8.69. The highest BCUT2D eigenvalue weighted by Crippen LogP contribution is 2.22. The molecule has 0 saturated heterocycles. The molecule has 1 aromatic carbocycles. The number of nitrogens with zero attached hydrogens (tertiary/aromatic N) is 2. The van der Waals surface area contributed by atoms with Crippen LogP contribution < -0.4 is 0 Å². The van der Waals surface area contributed by atoms with Gasteiger partial charge in [0.05, 0.1) is 17.6 Å². The zero-order chi connectivity index (χ0) is 13.1. The number of para-hydroxylation sites is 2. The Kier molecular flexibility index (Phi) is 3.62. The fraction of sp³-hybridized carbons (Fsp3) is 0.385. The molecule has 0 radical (unpaired) electrons. The van der Waals surface area contributed by atoms with Gasteiger partial charge in [-0.05, 0) is 12.1 Å². The summed E-state index contributed by atoms with van der Waals surface area (Å²) >= 11 is 0. The largest absolute Gasteiger partial charge is 0.480 e. The Morgan fingerprint density at radius 1 is 1.50 bits per heavy atom. The highest BCUT2D eigenvalue weighted by atomic mass is 16.5. The van der Waals surface area contributed by atoms with Crippen molar-refractivity contribution in [2.24, 2.45) is 0 Å². The smallest absolute Gasteiger partial charge is 0.329 e. The van der Waals surface area contributed by atoms with Crippen LogP contribution in [0.1, 0.15) is 18.8 Å². The molecule has 0 saturated carbocycles. The summed E-state index contributed by atoms with van der Waals surface area (Å²) in [7, 11) is 1.50. The third-order valence-electron chi connectivity index (χ3n) is 2.91. The number of methoxy groups -OCH3 is 1. The van der Waals surface area contributed by atoms with Crippen LogP contribution in [0.2, 0.25) is 0 Å². The number of hydrogen-bond acceptors (Lipinski definition) is 3. The number of carboxylic acid groups (broad SMARTS) is 1. The molecular weight excluding hydrogens is 232 g/mol. The van der Waals surface area contributed by atoms with E-state index in [1.807, 2.05) is 31.2 Å². The quantitative estimate of drug-likeness (QED) is 0.877. The van der Waals surface area contributed by atoms with Crippen LogP contribution in [0.4, 0.5) is 0 Å². The third-order valence-corrected chi connectivity index (χ3v) is 2.91. The van der Waals surface area contributed by atoms with Crippen molar-refractivity contribution in [1.82, 2.24) is 9.55 Å². The summed E-state index contributed by atoms with van der Waals surface area (Å²) in [6.07, 6.45) is 0.683. The number of aromatic nitrogens is 2. The number of aliphatic carboxylic acids is 1. The van der Waals surface area contributed by atoms with Gasteiger partial charge in [-0.25, -0.2) is 9.78 Å². The lowest BCUT2D eigenvalue weighted by molar-refractivity contribution is -0.142. The minimum atomic E-state index is -0.908. The molecule has 2 rings (SSSR count). The van der Waals surface area contributed by atoms with Gasteiger partial charge in [0.25, 0.3) is 0 Å². The van der Waals surface area contributed by atoms with Crippen molar-refractivity contribution in [3.8, 4) is 0 Å². The van der Waals surface area contributed by atoms with Crippen LogP contribution in [0.3, 0.4) is 0 Å². The number of imidazole rings is 1. The fourth-order valence-corrected chi connectivity index (χ4v) is 2.11. The molecule has 2 aromatic rings. The number of aryl methyl sites for hydroxylation is 1. The summed E-state index contributed by atoms with van der Waals surface area (Å²) in [6.45, 7) is 2.09. The van der Waals surface area contributed by atoms with Gasteiger partial charge in [0, 0.05) is 13.5 Å². The van der Waals surface area contributed by atoms with Gasteiger partial charge in [-0.1, -0.05) is 19.1 Å². The maximum absolute atomic E-state index is 11.4. The molecule has 0 aliphatic carbocycles. The molecule has 1 aromatic heterocycles. The predicted molar refractivity (Wildman–Crippen MR) is 67.7 cm³/mol. The Bertz CT molecular complexity index is 562. The molecule has 5 heteroatoms. The Morgan fingerprint density at radius 2 is 2.22 bits per heavy atom. The van der Waals surface area contributed by atoms with Crippen LogP contribution in [0, 0.1) is 0 Å². The average Bonchev–Trinajstić information content (AvgIpc) is 2.74. The van der Waals surface area contributed by atoms with Crippen LogP contribution in [-0.4, -0.2) is 34.3 Å². The van der Waals surface area contributed by atoms with Gasteiger partial charge in [0.15, 0.2) is 6.04 Å². The number of ether oxygens (including phenoxy) is 1. The number of rotatable bonds is 5. The van der Waals surface area contributed by atoms with E-state index >= 15 is 0 Å². The maximum atomic E-state index is 11.4. The van der Waals surface area contributed by atoms with Crippen LogP contribution >= 0.6 is 0 Å². The van der Waals surface area contributed by atoms with Crippen molar-refractivity contribution in [3.63, 3.8) is 0 Å². The molecule has 0 aliphatic rings. The van der Waals surface area contributed by atoms with Gasteiger partial charge in [-0.15, -0.1) is 0 Å². The molecule has 1 unspecified atom stereocenters. The van der Waals surface area contributed by atoms with Gasteiger partial charge in [-0.3, -0.25) is 0 Å². The van der Waals surface area contributed by atoms with Gasteiger partial charge in [0.2, 0.25) is 0 Å². The average molecular weight is 248 g/mol. The Balaban J connectivity index is 2.62. The molecule has 1 atom stereocenters. The van der Waals surface area contributed by atoms with Crippen molar-refractivity contribution >= 4 is 17.0 Å². The normalized spacial score (nSPS) is 12.8. The molecule has 0 spiro atoms. The number of carbonyl (C=O) groups is 1. The van der Waals surface area contributed by atoms with Crippen molar-refractivity contribution in [3.05, 3.63) is 30.1 Å². The molecule has 0 bridgehead atoms. The second-order valence-corrected chi connectivity index (χ2v) is 4.05. The van der Waals surface area contributed by atoms with E-state index in [-0.39, 0.29) is 6.61 Å². The van der Waals surface area contributed by atoms with E-state index in [9.17, 15) is 9.90 Å². The fourth-order valence-electron chi connectivity index (χ4n) is 2.11. The molecule has 0 fully saturated rings. The van der Waals surface area contributed by atoms with Crippen LogP contribution in [-0.2, 0) is 16.0 Å². The molecule has 0 amide bonds.